The van der Waals surface area contributed by atoms with E-state index in [4.69, 9.17) is 11.6 Å². The van der Waals surface area contributed by atoms with Crippen molar-refractivity contribution < 1.29 is 4.39 Å². The third kappa shape index (κ3) is 3.22. The molecule has 2 unspecified atom stereocenters. The average Bonchev–Trinajstić information content (AvgIpc) is 2.35. The summed E-state index contributed by atoms with van der Waals surface area (Å²) in [7, 11) is 2.15. The Morgan fingerprint density at radius 1 is 1.50 bits per heavy atom. The molecule has 0 aromatic heterocycles. The van der Waals surface area contributed by atoms with Gasteiger partial charge in [0.25, 0.3) is 0 Å². The van der Waals surface area contributed by atoms with Gasteiger partial charge in [-0.15, -0.1) is 0 Å². The van der Waals surface area contributed by atoms with E-state index in [0.29, 0.717) is 24.2 Å². The van der Waals surface area contributed by atoms with E-state index in [1.54, 1.807) is 18.2 Å². The number of halogens is 2. The normalized spacial score (nSPS) is 25.3. The second-order valence-corrected chi connectivity index (χ2v) is 5.55. The van der Waals surface area contributed by atoms with Crippen molar-refractivity contribution in [3.05, 3.63) is 34.6 Å². The van der Waals surface area contributed by atoms with Crippen molar-refractivity contribution in [2.75, 3.05) is 13.6 Å². The van der Waals surface area contributed by atoms with E-state index in [1.165, 1.54) is 0 Å². The lowest BCUT2D eigenvalue weighted by molar-refractivity contribution is 0.168. The number of likely N-dealkylation sites (tertiary alicyclic amines) is 1. The zero-order valence-corrected chi connectivity index (χ0v) is 11.7. The predicted octanol–water partition coefficient (Wildman–Crippen LogP) is 3.05. The molecular formula is C14H20ClFN2. The van der Waals surface area contributed by atoms with E-state index in [-0.39, 0.29) is 10.8 Å². The number of hydrogen-bond acceptors (Lipinski definition) is 2. The first-order chi connectivity index (χ1) is 8.58. The highest BCUT2D eigenvalue weighted by atomic mass is 35.5. The summed E-state index contributed by atoms with van der Waals surface area (Å²) in [4.78, 5) is 2.36. The van der Waals surface area contributed by atoms with Crippen molar-refractivity contribution in [3.8, 4) is 0 Å². The maximum Gasteiger partial charge on any atom is 0.146 e. The summed E-state index contributed by atoms with van der Waals surface area (Å²) in [5, 5.41) is 3.63. The molecule has 2 atom stereocenters. The minimum Gasteiger partial charge on any atom is -0.310 e. The van der Waals surface area contributed by atoms with Crippen LogP contribution in [0.1, 0.15) is 25.3 Å². The molecule has 0 saturated carbocycles. The quantitative estimate of drug-likeness (QED) is 0.908. The molecule has 1 aliphatic heterocycles. The second kappa shape index (κ2) is 6.00. The van der Waals surface area contributed by atoms with Crippen molar-refractivity contribution >= 4 is 11.6 Å². The SMILES string of the molecule is CC1CC(NCc2cccc(Cl)c2F)CCN1C. The van der Waals surface area contributed by atoms with Gasteiger partial charge < -0.3 is 10.2 Å². The third-order valence-corrected chi connectivity index (χ3v) is 4.11. The number of rotatable bonds is 3. The summed E-state index contributed by atoms with van der Waals surface area (Å²) in [6.45, 7) is 3.87. The van der Waals surface area contributed by atoms with Gasteiger partial charge in [-0.25, -0.2) is 4.39 Å². The molecule has 0 aliphatic carbocycles. The molecule has 18 heavy (non-hydrogen) atoms. The van der Waals surface area contributed by atoms with Crippen LogP contribution in [0.25, 0.3) is 0 Å². The average molecular weight is 271 g/mol. The smallest absolute Gasteiger partial charge is 0.146 e. The zero-order chi connectivity index (χ0) is 13.1. The van der Waals surface area contributed by atoms with Gasteiger partial charge in [-0.3, -0.25) is 0 Å². The fourth-order valence-corrected chi connectivity index (χ4v) is 2.61. The van der Waals surface area contributed by atoms with Crippen LogP contribution in [-0.2, 0) is 6.54 Å². The van der Waals surface area contributed by atoms with Gasteiger partial charge in [-0.1, -0.05) is 23.7 Å². The van der Waals surface area contributed by atoms with E-state index >= 15 is 0 Å². The molecule has 1 saturated heterocycles. The van der Waals surface area contributed by atoms with Gasteiger partial charge in [0.2, 0.25) is 0 Å². The van der Waals surface area contributed by atoms with Gasteiger partial charge in [0.1, 0.15) is 5.82 Å². The number of piperidine rings is 1. The molecule has 0 spiro atoms. The first-order valence-corrected chi connectivity index (χ1v) is 6.82. The van der Waals surface area contributed by atoms with Crippen LogP contribution in [0.3, 0.4) is 0 Å². The highest BCUT2D eigenvalue weighted by Gasteiger charge is 2.22. The molecule has 1 N–H and O–H groups in total. The Hall–Kier alpha value is -0.640. The number of benzene rings is 1. The molecule has 1 fully saturated rings. The molecule has 2 nitrogen and oxygen atoms in total. The highest BCUT2D eigenvalue weighted by molar-refractivity contribution is 6.30. The largest absolute Gasteiger partial charge is 0.310 e. The van der Waals surface area contributed by atoms with Gasteiger partial charge in [0, 0.05) is 24.2 Å². The Bertz CT molecular complexity index is 411. The topological polar surface area (TPSA) is 15.3 Å². The van der Waals surface area contributed by atoms with Crippen LogP contribution < -0.4 is 5.32 Å². The van der Waals surface area contributed by atoms with Gasteiger partial charge in [0.05, 0.1) is 5.02 Å². The van der Waals surface area contributed by atoms with Crippen LogP contribution in [0.5, 0.6) is 0 Å². The maximum atomic E-state index is 13.7. The Morgan fingerprint density at radius 2 is 2.28 bits per heavy atom. The molecule has 1 aromatic carbocycles. The number of hydrogen-bond donors (Lipinski definition) is 1. The summed E-state index contributed by atoms with van der Waals surface area (Å²) in [6, 6.07) is 6.21. The summed E-state index contributed by atoms with van der Waals surface area (Å²) in [6.07, 6.45) is 2.22. The standard InChI is InChI=1S/C14H20ClFN2/c1-10-8-12(6-7-18(10)2)17-9-11-4-3-5-13(15)14(11)16/h3-5,10,12,17H,6-9H2,1-2H3. The van der Waals surface area contributed by atoms with E-state index < -0.39 is 0 Å². The molecule has 0 radical (unpaired) electrons. The summed E-state index contributed by atoms with van der Waals surface area (Å²) < 4.78 is 13.7. The van der Waals surface area contributed by atoms with E-state index in [1.807, 2.05) is 0 Å². The molecule has 4 heteroatoms. The minimum atomic E-state index is -0.298. The van der Waals surface area contributed by atoms with Crippen LogP contribution >= 0.6 is 11.6 Å². The molecule has 0 amide bonds. The van der Waals surface area contributed by atoms with Crippen molar-refractivity contribution in [1.82, 2.24) is 10.2 Å². The summed E-state index contributed by atoms with van der Waals surface area (Å²) in [5.74, 6) is -0.298. The van der Waals surface area contributed by atoms with Crippen molar-refractivity contribution in [2.45, 2.75) is 38.4 Å². The molecule has 1 aromatic rings. The summed E-state index contributed by atoms with van der Waals surface area (Å²) >= 11 is 5.77. The molecule has 1 heterocycles. The number of nitrogens with zero attached hydrogens (tertiary/aromatic N) is 1. The minimum absolute atomic E-state index is 0.200. The summed E-state index contributed by atoms with van der Waals surface area (Å²) in [5.41, 5.74) is 0.647. The molecule has 1 aliphatic rings. The Morgan fingerprint density at radius 3 is 3.00 bits per heavy atom. The monoisotopic (exact) mass is 270 g/mol. The van der Waals surface area contributed by atoms with E-state index in [0.717, 1.165) is 19.4 Å². The zero-order valence-electron chi connectivity index (χ0n) is 10.9. The predicted molar refractivity (Wildman–Crippen MR) is 73.4 cm³/mol. The molecular weight excluding hydrogens is 251 g/mol. The van der Waals surface area contributed by atoms with Crippen LogP contribution in [0.15, 0.2) is 18.2 Å². The van der Waals surface area contributed by atoms with Crippen LogP contribution in [0.2, 0.25) is 5.02 Å². The fourth-order valence-electron chi connectivity index (χ4n) is 2.41. The lowest BCUT2D eigenvalue weighted by Gasteiger charge is -2.35. The molecule has 0 bridgehead atoms. The van der Waals surface area contributed by atoms with Gasteiger partial charge in [0.15, 0.2) is 0 Å². The van der Waals surface area contributed by atoms with Crippen LogP contribution in [-0.4, -0.2) is 30.6 Å². The first-order valence-electron chi connectivity index (χ1n) is 6.44. The van der Waals surface area contributed by atoms with Crippen molar-refractivity contribution in [1.29, 1.82) is 0 Å². The molecule has 2 rings (SSSR count). The Labute approximate surface area is 113 Å². The maximum absolute atomic E-state index is 13.7. The number of nitrogens with one attached hydrogen (secondary N) is 1. The van der Waals surface area contributed by atoms with Gasteiger partial charge >= 0.3 is 0 Å². The highest BCUT2D eigenvalue weighted by Crippen LogP contribution is 2.19. The van der Waals surface area contributed by atoms with Crippen molar-refractivity contribution in [3.63, 3.8) is 0 Å². The first kappa shape index (κ1) is 13.8. The lowest BCUT2D eigenvalue weighted by atomic mass is 9.98. The fraction of sp³-hybridized carbons (Fsp3) is 0.571. The molecule has 100 valence electrons. The third-order valence-electron chi connectivity index (χ3n) is 3.82. The Kier molecular flexibility index (Phi) is 4.60. The van der Waals surface area contributed by atoms with Gasteiger partial charge in [-0.05, 0) is 39.4 Å². The van der Waals surface area contributed by atoms with Gasteiger partial charge in [-0.2, -0.15) is 0 Å². The van der Waals surface area contributed by atoms with Crippen LogP contribution in [0.4, 0.5) is 4.39 Å². The van der Waals surface area contributed by atoms with E-state index in [9.17, 15) is 4.39 Å². The second-order valence-electron chi connectivity index (χ2n) is 5.14. The lowest BCUT2D eigenvalue weighted by Crippen LogP contribution is -2.45. The van der Waals surface area contributed by atoms with Crippen LogP contribution in [0, 0.1) is 5.82 Å². The van der Waals surface area contributed by atoms with Crippen molar-refractivity contribution in [2.24, 2.45) is 0 Å². The van der Waals surface area contributed by atoms with E-state index in [2.05, 4.69) is 24.2 Å². The Balaban J connectivity index is 1.90.